The molecule has 0 aliphatic rings. The van der Waals surface area contributed by atoms with Crippen molar-refractivity contribution in [1.82, 2.24) is 4.98 Å². The first kappa shape index (κ1) is 17.0. The highest BCUT2D eigenvalue weighted by atomic mass is 16.5. The van der Waals surface area contributed by atoms with E-state index in [9.17, 15) is 0 Å². The van der Waals surface area contributed by atoms with Crippen molar-refractivity contribution in [3.05, 3.63) is 59.4 Å². The van der Waals surface area contributed by atoms with Crippen molar-refractivity contribution < 1.29 is 9.84 Å². The lowest BCUT2D eigenvalue weighted by Crippen LogP contribution is -1.99. The van der Waals surface area contributed by atoms with Crippen LogP contribution in [0.15, 0.2) is 42.5 Å². The number of rotatable bonds is 9. The summed E-state index contributed by atoms with van der Waals surface area (Å²) in [5.74, 6) is 0.821. The molecular formula is C19H22N2O2. The van der Waals surface area contributed by atoms with Gasteiger partial charge in [-0.25, -0.2) is 4.98 Å². The van der Waals surface area contributed by atoms with E-state index in [-0.39, 0.29) is 6.61 Å². The fourth-order valence-corrected chi connectivity index (χ4v) is 2.36. The number of nitriles is 1. The van der Waals surface area contributed by atoms with E-state index in [0.717, 1.165) is 43.5 Å². The summed E-state index contributed by atoms with van der Waals surface area (Å²) in [5, 5.41) is 17.6. The summed E-state index contributed by atoms with van der Waals surface area (Å²) >= 11 is 0. The number of ether oxygens (including phenoxy) is 1. The molecule has 1 aromatic heterocycles. The second-order valence-corrected chi connectivity index (χ2v) is 5.45. The van der Waals surface area contributed by atoms with Crippen molar-refractivity contribution in [3.63, 3.8) is 0 Å². The number of hydrogen-bond acceptors (Lipinski definition) is 4. The predicted molar refractivity (Wildman–Crippen MR) is 89.0 cm³/mol. The molecule has 0 aliphatic carbocycles. The van der Waals surface area contributed by atoms with Crippen molar-refractivity contribution in [2.45, 2.75) is 38.7 Å². The van der Waals surface area contributed by atoms with Gasteiger partial charge in [0.15, 0.2) is 0 Å². The lowest BCUT2D eigenvalue weighted by molar-refractivity contribution is 0.282. The zero-order valence-electron chi connectivity index (χ0n) is 13.2. The highest BCUT2D eigenvalue weighted by molar-refractivity contribution is 5.29. The van der Waals surface area contributed by atoms with Gasteiger partial charge in [-0.2, -0.15) is 5.26 Å². The third-order valence-electron chi connectivity index (χ3n) is 3.58. The van der Waals surface area contributed by atoms with E-state index >= 15 is 0 Å². The Labute approximate surface area is 137 Å². The van der Waals surface area contributed by atoms with Gasteiger partial charge in [0.05, 0.1) is 5.69 Å². The molecule has 1 heterocycles. The van der Waals surface area contributed by atoms with Crippen LogP contribution >= 0.6 is 0 Å². The summed E-state index contributed by atoms with van der Waals surface area (Å²) in [7, 11) is 0. The van der Waals surface area contributed by atoms with Crippen LogP contribution in [0.3, 0.4) is 0 Å². The number of nitrogens with zero attached hydrogens (tertiary/aromatic N) is 2. The number of hydrogen-bond donors (Lipinski definition) is 1. The van der Waals surface area contributed by atoms with E-state index in [0.29, 0.717) is 12.3 Å². The van der Waals surface area contributed by atoms with Crippen LogP contribution in [0.4, 0.5) is 0 Å². The number of aliphatic hydroxyl groups is 1. The fourth-order valence-electron chi connectivity index (χ4n) is 2.36. The third kappa shape index (κ3) is 6.09. The molecule has 0 radical (unpaired) electrons. The quantitative estimate of drug-likeness (QED) is 0.718. The standard InChI is InChI=1S/C19H22N2O2/c20-14-17-9-6-10-18(21-17)15-23-19-11-5-8-16(13-19)7-3-1-2-4-12-22/h5-6,8-11,13,22H,1-4,7,12,15H2. The number of aliphatic hydroxyl groups excluding tert-OH is 1. The van der Waals surface area contributed by atoms with Crippen LogP contribution in [-0.4, -0.2) is 16.7 Å². The Balaban J connectivity index is 1.83. The van der Waals surface area contributed by atoms with Gasteiger partial charge in [0, 0.05) is 6.61 Å². The number of aryl methyl sites for hydroxylation is 1. The third-order valence-corrected chi connectivity index (χ3v) is 3.58. The Morgan fingerprint density at radius 3 is 2.70 bits per heavy atom. The first-order valence-electron chi connectivity index (χ1n) is 8.00. The van der Waals surface area contributed by atoms with Gasteiger partial charge in [0.25, 0.3) is 0 Å². The molecule has 0 saturated carbocycles. The minimum Gasteiger partial charge on any atom is -0.487 e. The molecule has 0 atom stereocenters. The van der Waals surface area contributed by atoms with E-state index in [1.54, 1.807) is 6.07 Å². The molecule has 0 amide bonds. The first-order valence-corrected chi connectivity index (χ1v) is 8.00. The molecule has 1 aromatic carbocycles. The normalized spacial score (nSPS) is 10.3. The van der Waals surface area contributed by atoms with Crippen molar-refractivity contribution in [2.75, 3.05) is 6.61 Å². The number of benzene rings is 1. The highest BCUT2D eigenvalue weighted by Gasteiger charge is 2.01. The van der Waals surface area contributed by atoms with E-state index in [2.05, 4.69) is 17.1 Å². The van der Waals surface area contributed by atoms with Crippen LogP contribution < -0.4 is 4.74 Å². The topological polar surface area (TPSA) is 66.1 Å². The van der Waals surface area contributed by atoms with Crippen molar-refractivity contribution in [3.8, 4) is 11.8 Å². The Hall–Kier alpha value is -2.38. The Kier molecular flexibility index (Phi) is 7.09. The Morgan fingerprint density at radius 2 is 1.87 bits per heavy atom. The van der Waals surface area contributed by atoms with E-state index in [4.69, 9.17) is 15.1 Å². The molecule has 0 spiro atoms. The van der Waals surface area contributed by atoms with Crippen LogP contribution in [-0.2, 0) is 13.0 Å². The molecule has 4 nitrogen and oxygen atoms in total. The number of aromatic nitrogens is 1. The maximum atomic E-state index is 8.85. The van der Waals surface area contributed by atoms with Gasteiger partial charge in [0.1, 0.15) is 24.1 Å². The summed E-state index contributed by atoms with van der Waals surface area (Å²) in [5.41, 5.74) is 2.41. The lowest BCUT2D eigenvalue weighted by atomic mass is 10.1. The molecular weight excluding hydrogens is 288 g/mol. The van der Waals surface area contributed by atoms with Crippen LogP contribution in [0.1, 0.15) is 42.6 Å². The molecule has 0 unspecified atom stereocenters. The van der Waals surface area contributed by atoms with Gasteiger partial charge >= 0.3 is 0 Å². The molecule has 0 fully saturated rings. The second-order valence-electron chi connectivity index (χ2n) is 5.45. The van der Waals surface area contributed by atoms with Gasteiger partial charge in [0.2, 0.25) is 0 Å². The van der Waals surface area contributed by atoms with E-state index in [1.165, 1.54) is 5.56 Å². The predicted octanol–water partition coefficient (Wildman–Crippen LogP) is 3.63. The van der Waals surface area contributed by atoms with Gasteiger partial charge < -0.3 is 9.84 Å². The van der Waals surface area contributed by atoms with Crippen LogP contribution in [0.25, 0.3) is 0 Å². The molecule has 23 heavy (non-hydrogen) atoms. The zero-order valence-corrected chi connectivity index (χ0v) is 13.2. The van der Waals surface area contributed by atoms with Crippen LogP contribution in [0.5, 0.6) is 5.75 Å². The summed E-state index contributed by atoms with van der Waals surface area (Å²) < 4.78 is 5.77. The SMILES string of the molecule is N#Cc1cccc(COc2cccc(CCCCCCO)c2)n1. The summed E-state index contributed by atoms with van der Waals surface area (Å²) in [6, 6.07) is 15.5. The summed E-state index contributed by atoms with van der Waals surface area (Å²) in [4.78, 5) is 4.20. The van der Waals surface area contributed by atoms with Gasteiger partial charge in [-0.15, -0.1) is 0 Å². The average molecular weight is 310 g/mol. The molecule has 0 bridgehead atoms. The van der Waals surface area contributed by atoms with Crippen LogP contribution in [0.2, 0.25) is 0 Å². The molecule has 120 valence electrons. The highest BCUT2D eigenvalue weighted by Crippen LogP contribution is 2.17. The number of unbranched alkanes of at least 4 members (excludes halogenated alkanes) is 3. The van der Waals surface area contributed by atoms with Gasteiger partial charge in [-0.1, -0.05) is 31.0 Å². The maximum Gasteiger partial charge on any atom is 0.140 e. The maximum absolute atomic E-state index is 8.85. The molecule has 2 aromatic rings. The minimum absolute atomic E-state index is 0.282. The largest absolute Gasteiger partial charge is 0.487 e. The van der Waals surface area contributed by atoms with E-state index < -0.39 is 0 Å². The Bertz CT molecular complexity index is 650. The monoisotopic (exact) mass is 310 g/mol. The van der Waals surface area contributed by atoms with Crippen molar-refractivity contribution in [2.24, 2.45) is 0 Å². The summed E-state index contributed by atoms with van der Waals surface area (Å²) in [6.07, 6.45) is 5.24. The molecule has 1 N–H and O–H groups in total. The zero-order chi connectivity index (χ0) is 16.3. The average Bonchev–Trinajstić information content (AvgIpc) is 2.60. The van der Waals surface area contributed by atoms with Gasteiger partial charge in [-0.05, 0) is 49.1 Å². The molecule has 4 heteroatoms. The fraction of sp³-hybridized carbons (Fsp3) is 0.368. The Morgan fingerprint density at radius 1 is 1.04 bits per heavy atom. The number of pyridine rings is 1. The van der Waals surface area contributed by atoms with Crippen molar-refractivity contribution in [1.29, 1.82) is 5.26 Å². The van der Waals surface area contributed by atoms with E-state index in [1.807, 2.05) is 30.3 Å². The minimum atomic E-state index is 0.282. The lowest BCUT2D eigenvalue weighted by Gasteiger charge is -2.08. The van der Waals surface area contributed by atoms with Gasteiger partial charge in [-0.3, -0.25) is 0 Å². The molecule has 2 rings (SSSR count). The van der Waals surface area contributed by atoms with Crippen molar-refractivity contribution >= 4 is 0 Å². The molecule has 0 saturated heterocycles. The van der Waals surface area contributed by atoms with Crippen LogP contribution in [0, 0.1) is 11.3 Å². The second kappa shape index (κ2) is 9.60. The summed E-state index contributed by atoms with van der Waals surface area (Å²) in [6.45, 7) is 0.639. The first-order chi connectivity index (χ1) is 11.3. The smallest absolute Gasteiger partial charge is 0.140 e. The molecule has 0 aliphatic heterocycles.